The van der Waals surface area contributed by atoms with Crippen molar-refractivity contribution in [3.05, 3.63) is 48.0 Å². The number of para-hydroxylation sites is 1. The zero-order valence-electron chi connectivity index (χ0n) is 13.2. The zero-order chi connectivity index (χ0) is 17.3. The first-order valence-electron chi connectivity index (χ1n) is 7.05. The first kappa shape index (κ1) is 17.2. The second kappa shape index (κ2) is 6.14. The number of sulfonamides is 1. The number of aromatic hydroxyl groups is 1. The molecule has 0 saturated carbocycles. The molecule has 6 heteroatoms. The molecule has 0 heterocycles. The topological polar surface area (TPSA) is 83.5 Å². The molecule has 0 aliphatic carbocycles. The molecule has 0 atom stereocenters. The van der Waals surface area contributed by atoms with E-state index in [4.69, 9.17) is 0 Å². The number of benzene rings is 2. The number of hydrogen-bond donors (Lipinski definition) is 2. The van der Waals surface area contributed by atoms with Crippen LogP contribution < -0.4 is 4.72 Å². The Balaban J connectivity index is 2.52. The van der Waals surface area contributed by atoms with Crippen LogP contribution in [0.25, 0.3) is 11.1 Å². The summed E-state index contributed by atoms with van der Waals surface area (Å²) in [6, 6.07) is 11.0. The fourth-order valence-corrected chi connectivity index (χ4v) is 3.65. The number of aldehydes is 1. The van der Waals surface area contributed by atoms with Crippen molar-refractivity contribution in [2.75, 3.05) is 0 Å². The second-order valence-corrected chi connectivity index (χ2v) is 7.93. The summed E-state index contributed by atoms with van der Waals surface area (Å²) in [6.07, 6.45) is 0.556. The fraction of sp³-hybridized carbons (Fsp3) is 0.235. The highest BCUT2D eigenvalue weighted by Crippen LogP contribution is 2.32. The lowest BCUT2D eigenvalue weighted by atomic mass is 10.0. The highest BCUT2D eigenvalue weighted by molar-refractivity contribution is 7.89. The van der Waals surface area contributed by atoms with E-state index in [0.29, 0.717) is 17.4 Å². The Hall–Kier alpha value is -2.18. The van der Waals surface area contributed by atoms with Gasteiger partial charge in [0.1, 0.15) is 5.75 Å². The molecule has 122 valence electrons. The van der Waals surface area contributed by atoms with Crippen molar-refractivity contribution in [2.24, 2.45) is 0 Å². The lowest BCUT2D eigenvalue weighted by Gasteiger charge is -2.20. The maximum atomic E-state index is 12.4. The van der Waals surface area contributed by atoms with Crippen molar-refractivity contribution in [3.63, 3.8) is 0 Å². The van der Waals surface area contributed by atoms with Crippen molar-refractivity contribution in [2.45, 2.75) is 31.2 Å². The third-order valence-electron chi connectivity index (χ3n) is 3.09. The van der Waals surface area contributed by atoms with E-state index < -0.39 is 15.6 Å². The molecule has 0 amide bonds. The van der Waals surface area contributed by atoms with Gasteiger partial charge in [-0.1, -0.05) is 24.3 Å². The Labute approximate surface area is 136 Å². The largest absolute Gasteiger partial charge is 0.507 e. The monoisotopic (exact) mass is 333 g/mol. The van der Waals surface area contributed by atoms with Gasteiger partial charge in [0, 0.05) is 11.1 Å². The Morgan fingerprint density at radius 3 is 2.35 bits per heavy atom. The average molecular weight is 333 g/mol. The molecule has 0 fully saturated rings. The number of nitrogens with one attached hydrogen (secondary N) is 1. The van der Waals surface area contributed by atoms with Gasteiger partial charge in [0.05, 0.1) is 10.5 Å². The number of carbonyl (C=O) groups excluding carboxylic acids is 1. The van der Waals surface area contributed by atoms with Crippen molar-refractivity contribution in [1.82, 2.24) is 4.72 Å². The van der Waals surface area contributed by atoms with Gasteiger partial charge in [0.15, 0.2) is 6.29 Å². The standard InChI is InChI=1S/C17H19NO4S/c1-17(2,3)18-23(21,22)14-8-4-6-12(10-14)15-9-5-7-13(11-19)16(15)20/h4-11,18,20H,1-3H3. The average Bonchev–Trinajstić information content (AvgIpc) is 2.45. The molecule has 0 bridgehead atoms. The van der Waals surface area contributed by atoms with Crippen molar-refractivity contribution >= 4 is 16.3 Å². The molecule has 0 unspecified atom stereocenters. The molecule has 0 aliphatic rings. The molecule has 0 saturated heterocycles. The van der Waals surface area contributed by atoms with Gasteiger partial charge in [-0.05, 0) is 44.5 Å². The Morgan fingerprint density at radius 1 is 1.09 bits per heavy atom. The molecule has 0 spiro atoms. The van der Waals surface area contributed by atoms with Gasteiger partial charge >= 0.3 is 0 Å². The van der Waals surface area contributed by atoms with Crippen LogP contribution in [0.15, 0.2) is 47.4 Å². The Kier molecular flexibility index (Phi) is 4.58. The van der Waals surface area contributed by atoms with Crippen LogP contribution >= 0.6 is 0 Å². The predicted octanol–water partition coefficient (Wildman–Crippen LogP) is 2.95. The number of phenols is 1. The SMILES string of the molecule is CC(C)(C)NS(=O)(=O)c1cccc(-c2cccc(C=O)c2O)c1. The van der Waals surface area contributed by atoms with Gasteiger partial charge in [-0.25, -0.2) is 13.1 Å². The second-order valence-electron chi connectivity index (χ2n) is 6.24. The molecule has 23 heavy (non-hydrogen) atoms. The molecule has 2 rings (SSSR count). The molecule has 0 radical (unpaired) electrons. The van der Waals surface area contributed by atoms with E-state index in [1.165, 1.54) is 18.2 Å². The summed E-state index contributed by atoms with van der Waals surface area (Å²) in [5, 5.41) is 10.1. The van der Waals surface area contributed by atoms with E-state index >= 15 is 0 Å². The van der Waals surface area contributed by atoms with Gasteiger partial charge in [-0.3, -0.25) is 4.79 Å². The summed E-state index contributed by atoms with van der Waals surface area (Å²) in [4.78, 5) is 11.0. The predicted molar refractivity (Wildman–Crippen MR) is 89.0 cm³/mol. The summed E-state index contributed by atoms with van der Waals surface area (Å²) in [6.45, 7) is 5.27. The molecule has 0 aromatic heterocycles. The number of phenolic OH excluding ortho intramolecular Hbond substituents is 1. The maximum Gasteiger partial charge on any atom is 0.241 e. The molecule has 2 aromatic carbocycles. The Bertz CT molecular complexity index is 836. The van der Waals surface area contributed by atoms with Crippen LogP contribution in [-0.2, 0) is 10.0 Å². The third-order valence-corrected chi connectivity index (χ3v) is 4.85. The minimum Gasteiger partial charge on any atom is -0.507 e. The molecular weight excluding hydrogens is 314 g/mol. The van der Waals surface area contributed by atoms with Gasteiger partial charge in [-0.15, -0.1) is 0 Å². The summed E-state index contributed by atoms with van der Waals surface area (Å²) in [5.41, 5.74) is 0.475. The van der Waals surface area contributed by atoms with E-state index in [-0.39, 0.29) is 16.2 Å². The molecule has 0 aliphatic heterocycles. The number of carbonyl (C=O) groups is 1. The zero-order valence-corrected chi connectivity index (χ0v) is 14.0. The van der Waals surface area contributed by atoms with Crippen LogP contribution in [-0.4, -0.2) is 25.3 Å². The van der Waals surface area contributed by atoms with Crippen LogP contribution in [0.1, 0.15) is 31.1 Å². The normalized spacial score (nSPS) is 12.1. The van der Waals surface area contributed by atoms with Crippen LogP contribution in [0, 0.1) is 0 Å². The van der Waals surface area contributed by atoms with Gasteiger partial charge < -0.3 is 5.11 Å². The van der Waals surface area contributed by atoms with E-state index in [2.05, 4.69) is 4.72 Å². The molecule has 5 nitrogen and oxygen atoms in total. The van der Waals surface area contributed by atoms with Crippen LogP contribution in [0.3, 0.4) is 0 Å². The first-order chi connectivity index (χ1) is 10.6. The van der Waals surface area contributed by atoms with Gasteiger partial charge in [-0.2, -0.15) is 0 Å². The lowest BCUT2D eigenvalue weighted by Crippen LogP contribution is -2.40. The van der Waals surface area contributed by atoms with E-state index in [1.807, 2.05) is 0 Å². The van der Waals surface area contributed by atoms with E-state index in [9.17, 15) is 18.3 Å². The van der Waals surface area contributed by atoms with Crippen molar-refractivity contribution in [1.29, 1.82) is 0 Å². The quantitative estimate of drug-likeness (QED) is 0.843. The van der Waals surface area contributed by atoms with E-state index in [1.54, 1.807) is 45.0 Å². The Morgan fingerprint density at radius 2 is 1.74 bits per heavy atom. The molecule has 2 aromatic rings. The third kappa shape index (κ3) is 3.97. The highest BCUT2D eigenvalue weighted by atomic mass is 32.2. The minimum absolute atomic E-state index is 0.0980. The van der Waals surface area contributed by atoms with Crippen LogP contribution in [0.5, 0.6) is 5.75 Å². The minimum atomic E-state index is -3.68. The van der Waals surface area contributed by atoms with Crippen molar-refractivity contribution < 1.29 is 18.3 Å². The highest BCUT2D eigenvalue weighted by Gasteiger charge is 2.22. The van der Waals surface area contributed by atoms with Gasteiger partial charge in [0.25, 0.3) is 0 Å². The smallest absolute Gasteiger partial charge is 0.241 e. The van der Waals surface area contributed by atoms with Gasteiger partial charge in [0.2, 0.25) is 10.0 Å². The van der Waals surface area contributed by atoms with Crippen LogP contribution in [0.4, 0.5) is 0 Å². The summed E-state index contributed by atoms with van der Waals surface area (Å²) in [7, 11) is -3.68. The molecular formula is C17H19NO4S. The lowest BCUT2D eigenvalue weighted by molar-refractivity contribution is 0.112. The molecule has 2 N–H and O–H groups in total. The summed E-state index contributed by atoms with van der Waals surface area (Å²) >= 11 is 0. The summed E-state index contributed by atoms with van der Waals surface area (Å²) in [5.74, 6) is -0.166. The van der Waals surface area contributed by atoms with E-state index in [0.717, 1.165) is 0 Å². The summed E-state index contributed by atoms with van der Waals surface area (Å²) < 4.78 is 27.4. The van der Waals surface area contributed by atoms with Crippen molar-refractivity contribution in [3.8, 4) is 16.9 Å². The number of hydrogen-bond acceptors (Lipinski definition) is 4. The van der Waals surface area contributed by atoms with Crippen LogP contribution in [0.2, 0.25) is 0 Å². The first-order valence-corrected chi connectivity index (χ1v) is 8.54. The number of rotatable bonds is 4. The maximum absolute atomic E-state index is 12.4. The fourth-order valence-electron chi connectivity index (χ4n) is 2.18.